The highest BCUT2D eigenvalue weighted by atomic mass is 19.1. The highest BCUT2D eigenvalue weighted by Crippen LogP contribution is 2.25. The quantitative estimate of drug-likeness (QED) is 0.819. The SMILES string of the molecule is OC(O)c1nn(CC2CCOC2)c2cc(F)ccc12. The fraction of sp³-hybridized carbons (Fsp3) is 0.462. The summed E-state index contributed by atoms with van der Waals surface area (Å²) in [7, 11) is 0. The summed E-state index contributed by atoms with van der Waals surface area (Å²) in [6.45, 7) is 1.98. The molecule has 1 atom stereocenters. The Hall–Kier alpha value is -1.50. The van der Waals surface area contributed by atoms with E-state index in [1.54, 1.807) is 4.68 Å². The van der Waals surface area contributed by atoms with Gasteiger partial charge in [0.1, 0.15) is 11.5 Å². The smallest absolute Gasteiger partial charge is 0.198 e. The largest absolute Gasteiger partial charge is 0.381 e. The minimum Gasteiger partial charge on any atom is -0.381 e. The lowest BCUT2D eigenvalue weighted by atomic mass is 10.1. The molecule has 0 radical (unpaired) electrons. The first-order valence-electron chi connectivity index (χ1n) is 6.25. The van der Waals surface area contributed by atoms with Crippen LogP contribution >= 0.6 is 0 Å². The van der Waals surface area contributed by atoms with Crippen molar-refractivity contribution in [3.05, 3.63) is 29.7 Å². The molecular formula is C13H15FN2O3. The second-order valence-corrected chi connectivity index (χ2v) is 4.83. The van der Waals surface area contributed by atoms with Gasteiger partial charge >= 0.3 is 0 Å². The average Bonchev–Trinajstić information content (AvgIpc) is 2.98. The average molecular weight is 266 g/mol. The van der Waals surface area contributed by atoms with E-state index in [1.807, 2.05) is 0 Å². The molecule has 0 saturated carbocycles. The third-order valence-corrected chi connectivity index (χ3v) is 3.44. The second kappa shape index (κ2) is 4.88. The molecule has 102 valence electrons. The van der Waals surface area contributed by atoms with Gasteiger partial charge in [0.05, 0.1) is 12.1 Å². The summed E-state index contributed by atoms with van der Waals surface area (Å²) in [6, 6.07) is 4.18. The van der Waals surface area contributed by atoms with Crippen LogP contribution in [0.15, 0.2) is 18.2 Å². The number of benzene rings is 1. The van der Waals surface area contributed by atoms with Crippen molar-refractivity contribution in [3.63, 3.8) is 0 Å². The molecule has 0 bridgehead atoms. The first kappa shape index (κ1) is 12.5. The lowest BCUT2D eigenvalue weighted by molar-refractivity contribution is -0.0452. The molecule has 3 rings (SSSR count). The van der Waals surface area contributed by atoms with E-state index in [2.05, 4.69) is 5.10 Å². The van der Waals surface area contributed by atoms with Gasteiger partial charge in [-0.1, -0.05) is 0 Å². The van der Waals surface area contributed by atoms with Gasteiger partial charge in [0.15, 0.2) is 6.29 Å². The predicted molar refractivity (Wildman–Crippen MR) is 65.8 cm³/mol. The number of rotatable bonds is 3. The van der Waals surface area contributed by atoms with Crippen molar-refractivity contribution >= 4 is 10.9 Å². The molecule has 2 N–H and O–H groups in total. The molecule has 19 heavy (non-hydrogen) atoms. The Kier molecular flexibility index (Phi) is 3.22. The van der Waals surface area contributed by atoms with Crippen LogP contribution in [-0.2, 0) is 11.3 Å². The van der Waals surface area contributed by atoms with Gasteiger partial charge in [-0.2, -0.15) is 5.10 Å². The third-order valence-electron chi connectivity index (χ3n) is 3.44. The summed E-state index contributed by atoms with van der Waals surface area (Å²) in [4.78, 5) is 0. The van der Waals surface area contributed by atoms with Gasteiger partial charge in [0.25, 0.3) is 0 Å². The van der Waals surface area contributed by atoms with Crippen LogP contribution in [0.4, 0.5) is 4.39 Å². The number of hydrogen-bond acceptors (Lipinski definition) is 4. The zero-order valence-electron chi connectivity index (χ0n) is 10.3. The normalized spacial score (nSPS) is 19.7. The van der Waals surface area contributed by atoms with E-state index in [1.165, 1.54) is 18.2 Å². The predicted octanol–water partition coefficient (Wildman–Crippen LogP) is 1.20. The van der Waals surface area contributed by atoms with Crippen LogP contribution in [-0.4, -0.2) is 33.2 Å². The maximum absolute atomic E-state index is 13.3. The number of nitrogens with zero attached hydrogens (tertiary/aromatic N) is 2. The molecule has 1 saturated heterocycles. The van der Waals surface area contributed by atoms with Gasteiger partial charge in [-0.15, -0.1) is 0 Å². The lowest BCUT2D eigenvalue weighted by Crippen LogP contribution is -2.12. The number of aliphatic hydroxyl groups is 2. The van der Waals surface area contributed by atoms with Crippen LogP contribution < -0.4 is 0 Å². The fourth-order valence-electron chi connectivity index (χ4n) is 2.47. The summed E-state index contributed by atoms with van der Waals surface area (Å²) in [5.74, 6) is -0.0367. The van der Waals surface area contributed by atoms with Crippen LogP contribution in [0.25, 0.3) is 10.9 Å². The number of halogens is 1. The van der Waals surface area contributed by atoms with Crippen LogP contribution in [0.2, 0.25) is 0 Å². The monoisotopic (exact) mass is 266 g/mol. The van der Waals surface area contributed by atoms with Gasteiger partial charge in [-0.05, 0) is 24.6 Å². The summed E-state index contributed by atoms with van der Waals surface area (Å²) in [5.41, 5.74) is 0.740. The molecule has 1 aromatic carbocycles. The molecule has 6 heteroatoms. The van der Waals surface area contributed by atoms with Gasteiger partial charge < -0.3 is 14.9 Å². The minimum atomic E-state index is -1.66. The van der Waals surface area contributed by atoms with Crippen molar-refractivity contribution in [1.29, 1.82) is 0 Å². The zero-order chi connectivity index (χ0) is 13.4. The van der Waals surface area contributed by atoms with Crippen LogP contribution in [0.3, 0.4) is 0 Å². The molecule has 0 spiro atoms. The van der Waals surface area contributed by atoms with Gasteiger partial charge in [-0.25, -0.2) is 4.39 Å². The molecule has 1 aliphatic rings. The number of ether oxygens (including phenoxy) is 1. The van der Waals surface area contributed by atoms with E-state index in [-0.39, 0.29) is 11.5 Å². The molecule has 2 heterocycles. The number of aliphatic hydroxyl groups excluding tert-OH is 1. The number of hydrogen-bond donors (Lipinski definition) is 2. The summed E-state index contributed by atoms with van der Waals surface area (Å²) in [6.07, 6.45) is -0.720. The first-order valence-corrected chi connectivity index (χ1v) is 6.25. The maximum Gasteiger partial charge on any atom is 0.198 e. The van der Waals surface area contributed by atoms with E-state index in [0.717, 1.165) is 13.0 Å². The molecule has 0 amide bonds. The summed E-state index contributed by atoms with van der Waals surface area (Å²) < 4.78 is 20.3. The molecule has 1 aromatic heterocycles. The standard InChI is InChI=1S/C13H15FN2O3/c14-9-1-2-10-11(5-9)16(15-12(10)13(17)18)6-8-3-4-19-7-8/h1-2,5,8,13,17-18H,3-4,6-7H2. The van der Waals surface area contributed by atoms with Crippen molar-refractivity contribution in [1.82, 2.24) is 9.78 Å². The van der Waals surface area contributed by atoms with Crippen molar-refractivity contribution in [2.24, 2.45) is 5.92 Å². The molecule has 0 aliphatic carbocycles. The van der Waals surface area contributed by atoms with Gasteiger partial charge in [-0.3, -0.25) is 4.68 Å². The lowest BCUT2D eigenvalue weighted by Gasteiger charge is -2.08. The summed E-state index contributed by atoms with van der Waals surface area (Å²) >= 11 is 0. The molecule has 2 aromatic rings. The second-order valence-electron chi connectivity index (χ2n) is 4.83. The van der Waals surface area contributed by atoms with Crippen LogP contribution in [0, 0.1) is 11.7 Å². The fourth-order valence-corrected chi connectivity index (χ4v) is 2.47. The topological polar surface area (TPSA) is 67.5 Å². The Labute approximate surface area is 109 Å². The molecular weight excluding hydrogens is 251 g/mol. The Bertz CT molecular complexity index is 591. The Balaban J connectivity index is 2.04. The van der Waals surface area contributed by atoms with Crippen molar-refractivity contribution < 1.29 is 19.3 Å². The van der Waals surface area contributed by atoms with E-state index in [9.17, 15) is 14.6 Å². The van der Waals surface area contributed by atoms with E-state index < -0.39 is 6.29 Å². The van der Waals surface area contributed by atoms with Gasteiger partial charge in [0, 0.05) is 24.5 Å². The van der Waals surface area contributed by atoms with E-state index in [4.69, 9.17) is 4.74 Å². The van der Waals surface area contributed by atoms with Gasteiger partial charge in [0.2, 0.25) is 0 Å². The molecule has 1 unspecified atom stereocenters. The van der Waals surface area contributed by atoms with Crippen molar-refractivity contribution in [3.8, 4) is 0 Å². The summed E-state index contributed by atoms with van der Waals surface area (Å²) in [5, 5.41) is 23.4. The Morgan fingerprint density at radius 3 is 3.00 bits per heavy atom. The number of aromatic nitrogens is 2. The maximum atomic E-state index is 13.3. The van der Waals surface area contributed by atoms with Crippen molar-refractivity contribution in [2.45, 2.75) is 19.3 Å². The minimum absolute atomic E-state index is 0.161. The molecule has 1 fully saturated rings. The molecule has 1 aliphatic heterocycles. The third kappa shape index (κ3) is 2.34. The van der Waals surface area contributed by atoms with E-state index >= 15 is 0 Å². The zero-order valence-corrected chi connectivity index (χ0v) is 10.3. The molecule has 5 nitrogen and oxygen atoms in total. The highest BCUT2D eigenvalue weighted by Gasteiger charge is 2.21. The van der Waals surface area contributed by atoms with Crippen LogP contribution in [0.1, 0.15) is 18.4 Å². The first-order chi connectivity index (χ1) is 9.15. The Morgan fingerprint density at radius 2 is 2.32 bits per heavy atom. The Morgan fingerprint density at radius 1 is 1.47 bits per heavy atom. The van der Waals surface area contributed by atoms with Crippen molar-refractivity contribution in [2.75, 3.05) is 13.2 Å². The number of fused-ring (bicyclic) bond motifs is 1. The van der Waals surface area contributed by atoms with E-state index in [0.29, 0.717) is 30.0 Å². The highest BCUT2D eigenvalue weighted by molar-refractivity contribution is 5.82. The van der Waals surface area contributed by atoms with Crippen LogP contribution in [0.5, 0.6) is 0 Å².